The van der Waals surface area contributed by atoms with Crippen molar-refractivity contribution in [1.82, 2.24) is 0 Å². The summed E-state index contributed by atoms with van der Waals surface area (Å²) in [4.78, 5) is 0. The second-order valence-corrected chi connectivity index (χ2v) is 3.60. The van der Waals surface area contributed by atoms with E-state index in [4.69, 9.17) is 0 Å². The zero-order chi connectivity index (χ0) is 9.64. The van der Waals surface area contributed by atoms with Crippen LogP contribution >= 0.6 is 0 Å². The summed E-state index contributed by atoms with van der Waals surface area (Å²) in [5.74, 6) is 6.99. The maximum atomic E-state index is 3.30. The van der Waals surface area contributed by atoms with Gasteiger partial charge in [-0.2, -0.15) is 0 Å². The van der Waals surface area contributed by atoms with Crippen LogP contribution in [0.5, 0.6) is 0 Å². The molecule has 0 amide bonds. The molecule has 0 aromatic heterocycles. The van der Waals surface area contributed by atoms with Gasteiger partial charge in [-0.3, -0.25) is 0 Å². The van der Waals surface area contributed by atoms with Gasteiger partial charge >= 0.3 is 0 Å². The Hall–Kier alpha value is -1.48. The molecule has 0 saturated heterocycles. The van der Waals surface area contributed by atoms with E-state index >= 15 is 0 Å². The summed E-state index contributed by atoms with van der Waals surface area (Å²) in [5, 5.41) is 0. The topological polar surface area (TPSA) is 0 Å². The van der Waals surface area contributed by atoms with Crippen LogP contribution in [-0.2, 0) is 0 Å². The minimum absolute atomic E-state index is 0.476. The number of benzene rings is 1. The average Bonchev–Trinajstić information content (AvgIpc) is 2.29. The average molecular weight is 182 g/mol. The van der Waals surface area contributed by atoms with Crippen LogP contribution in [0.25, 0.3) is 0 Å². The summed E-state index contributed by atoms with van der Waals surface area (Å²) in [5.41, 5.74) is 1.12. The van der Waals surface area contributed by atoms with Crippen LogP contribution in [-0.4, -0.2) is 0 Å². The fourth-order valence-corrected chi connectivity index (χ4v) is 1.63. The molecule has 1 aromatic carbocycles. The van der Waals surface area contributed by atoms with Crippen LogP contribution in [0, 0.1) is 17.8 Å². The number of allylic oxidation sites excluding steroid dienone is 2. The molecule has 1 aliphatic carbocycles. The molecule has 0 bridgehead atoms. The van der Waals surface area contributed by atoms with Crippen molar-refractivity contribution in [3.8, 4) is 11.8 Å². The van der Waals surface area contributed by atoms with Crippen LogP contribution in [0.3, 0.4) is 0 Å². The molecule has 0 fully saturated rings. The lowest BCUT2D eigenvalue weighted by atomic mass is 9.96. The van der Waals surface area contributed by atoms with Gasteiger partial charge in [0.15, 0.2) is 0 Å². The van der Waals surface area contributed by atoms with Crippen molar-refractivity contribution in [2.45, 2.75) is 19.3 Å². The van der Waals surface area contributed by atoms with Crippen molar-refractivity contribution < 1.29 is 0 Å². The molecule has 14 heavy (non-hydrogen) atoms. The van der Waals surface area contributed by atoms with Crippen molar-refractivity contribution in [2.24, 2.45) is 5.92 Å². The molecule has 1 aliphatic rings. The lowest BCUT2D eigenvalue weighted by Gasteiger charge is -2.08. The minimum Gasteiger partial charge on any atom is -0.0903 e. The maximum Gasteiger partial charge on any atom is 0.0386 e. The Bertz CT molecular complexity index is 362. The van der Waals surface area contributed by atoms with Gasteiger partial charge in [0.2, 0.25) is 0 Å². The first-order valence-corrected chi connectivity index (χ1v) is 5.18. The predicted molar refractivity (Wildman–Crippen MR) is 59.8 cm³/mol. The smallest absolute Gasteiger partial charge is 0.0386 e. The van der Waals surface area contributed by atoms with Gasteiger partial charge in [-0.1, -0.05) is 42.2 Å². The summed E-state index contributed by atoms with van der Waals surface area (Å²) >= 11 is 0. The minimum atomic E-state index is 0.476. The molecule has 0 radical (unpaired) electrons. The van der Waals surface area contributed by atoms with Crippen LogP contribution < -0.4 is 0 Å². The summed E-state index contributed by atoms with van der Waals surface area (Å²) in [6, 6.07) is 10.2. The molecule has 1 aromatic rings. The van der Waals surface area contributed by atoms with Crippen molar-refractivity contribution in [1.29, 1.82) is 0 Å². The SMILES string of the molecule is C(#CC1C=CCCC1)c1ccccc1. The second kappa shape index (κ2) is 4.67. The Morgan fingerprint density at radius 1 is 1.14 bits per heavy atom. The van der Waals surface area contributed by atoms with E-state index in [-0.39, 0.29) is 0 Å². The van der Waals surface area contributed by atoms with Crippen molar-refractivity contribution in [2.75, 3.05) is 0 Å². The molecule has 0 heteroatoms. The van der Waals surface area contributed by atoms with E-state index in [2.05, 4.69) is 36.1 Å². The summed E-state index contributed by atoms with van der Waals surface area (Å²) in [6.45, 7) is 0. The van der Waals surface area contributed by atoms with Crippen molar-refractivity contribution in [3.63, 3.8) is 0 Å². The zero-order valence-corrected chi connectivity index (χ0v) is 8.24. The Labute approximate surface area is 85.7 Å². The predicted octanol–water partition coefficient (Wildman–Crippen LogP) is 3.39. The Morgan fingerprint density at radius 3 is 2.71 bits per heavy atom. The quantitative estimate of drug-likeness (QED) is 0.426. The maximum absolute atomic E-state index is 3.30. The Morgan fingerprint density at radius 2 is 2.00 bits per heavy atom. The van der Waals surface area contributed by atoms with E-state index < -0.39 is 0 Å². The van der Waals surface area contributed by atoms with E-state index in [0.29, 0.717) is 5.92 Å². The van der Waals surface area contributed by atoms with Gasteiger partial charge < -0.3 is 0 Å². The summed E-state index contributed by atoms with van der Waals surface area (Å²) in [7, 11) is 0. The van der Waals surface area contributed by atoms with Gasteiger partial charge in [0.1, 0.15) is 0 Å². The van der Waals surface area contributed by atoms with Gasteiger partial charge in [-0.25, -0.2) is 0 Å². The van der Waals surface area contributed by atoms with Crippen LogP contribution in [0.2, 0.25) is 0 Å². The van der Waals surface area contributed by atoms with Crippen LogP contribution in [0.15, 0.2) is 42.5 Å². The molecule has 1 atom stereocenters. The fourth-order valence-electron chi connectivity index (χ4n) is 1.63. The molecule has 2 rings (SSSR count). The Kier molecular flexibility index (Phi) is 3.03. The van der Waals surface area contributed by atoms with E-state index in [1.807, 2.05) is 18.2 Å². The lowest BCUT2D eigenvalue weighted by Crippen LogP contribution is -1.96. The first-order valence-electron chi connectivity index (χ1n) is 5.18. The first-order chi connectivity index (χ1) is 6.95. The van der Waals surface area contributed by atoms with Gasteiger partial charge in [0.05, 0.1) is 0 Å². The molecule has 0 N–H and O–H groups in total. The molecule has 70 valence electrons. The first kappa shape index (κ1) is 9.09. The third-order valence-corrected chi connectivity index (χ3v) is 2.43. The number of hydrogen-bond donors (Lipinski definition) is 0. The molecule has 0 aliphatic heterocycles. The van der Waals surface area contributed by atoms with Crippen LogP contribution in [0.1, 0.15) is 24.8 Å². The summed E-state index contributed by atoms with van der Waals surface area (Å²) < 4.78 is 0. The van der Waals surface area contributed by atoms with E-state index in [1.165, 1.54) is 19.3 Å². The molecular weight excluding hydrogens is 168 g/mol. The molecular formula is C14H14. The highest BCUT2D eigenvalue weighted by Gasteiger charge is 2.03. The molecule has 0 saturated carbocycles. The van der Waals surface area contributed by atoms with E-state index in [0.717, 1.165) is 5.56 Å². The Balaban J connectivity index is 2.06. The second-order valence-electron chi connectivity index (χ2n) is 3.60. The lowest BCUT2D eigenvalue weighted by molar-refractivity contribution is 0.645. The number of rotatable bonds is 0. The highest BCUT2D eigenvalue weighted by molar-refractivity contribution is 5.34. The third kappa shape index (κ3) is 2.50. The number of hydrogen-bond acceptors (Lipinski definition) is 0. The van der Waals surface area contributed by atoms with E-state index in [1.54, 1.807) is 0 Å². The third-order valence-electron chi connectivity index (χ3n) is 2.43. The highest BCUT2D eigenvalue weighted by atomic mass is 14.1. The normalized spacial score (nSPS) is 19.9. The van der Waals surface area contributed by atoms with E-state index in [9.17, 15) is 0 Å². The molecule has 0 spiro atoms. The van der Waals surface area contributed by atoms with Crippen molar-refractivity contribution in [3.05, 3.63) is 48.0 Å². The standard InChI is InChI=1S/C14H14/c1-3-7-13(8-4-1)11-12-14-9-5-2-6-10-14/h1,3-5,7-9,14H,2,6,10H2. The van der Waals surface area contributed by atoms with Gasteiger partial charge in [-0.15, -0.1) is 0 Å². The van der Waals surface area contributed by atoms with Gasteiger partial charge in [0, 0.05) is 11.5 Å². The molecule has 1 unspecified atom stereocenters. The fraction of sp³-hybridized carbons (Fsp3) is 0.286. The zero-order valence-electron chi connectivity index (χ0n) is 8.24. The highest BCUT2D eigenvalue weighted by Crippen LogP contribution is 2.15. The summed E-state index contributed by atoms with van der Waals surface area (Å²) in [6.07, 6.45) is 8.21. The van der Waals surface area contributed by atoms with Crippen LogP contribution in [0.4, 0.5) is 0 Å². The molecule has 0 heterocycles. The van der Waals surface area contributed by atoms with Gasteiger partial charge in [-0.05, 0) is 31.4 Å². The monoisotopic (exact) mass is 182 g/mol. The molecule has 0 nitrogen and oxygen atoms in total. The van der Waals surface area contributed by atoms with Crippen molar-refractivity contribution >= 4 is 0 Å². The largest absolute Gasteiger partial charge is 0.0903 e. The van der Waals surface area contributed by atoms with Gasteiger partial charge in [0.25, 0.3) is 0 Å².